The largest absolute Gasteiger partial charge is 0.489 e. The number of rotatable bonds is 7. The first-order valence-electron chi connectivity index (χ1n) is 9.81. The molecule has 1 unspecified atom stereocenters. The van der Waals surface area contributed by atoms with E-state index in [1.807, 2.05) is 36.3 Å². The van der Waals surface area contributed by atoms with E-state index in [1.165, 1.54) is 12.8 Å². The number of alkyl carbamates (subject to hydrolysis) is 1. The third kappa shape index (κ3) is 6.10. The first-order chi connectivity index (χ1) is 13.7. The molecule has 1 saturated carbocycles. The molecule has 1 amide bonds. The summed E-state index contributed by atoms with van der Waals surface area (Å²) in [5.74, 6) is 2.13. The second-order valence-corrected chi connectivity index (χ2v) is 8.38. The molecule has 2 aliphatic rings. The van der Waals surface area contributed by atoms with Crippen LogP contribution in [0.15, 0.2) is 41.3 Å². The number of hydrogen-bond donors (Lipinski definition) is 2. The quantitative estimate of drug-likeness (QED) is 0.729. The van der Waals surface area contributed by atoms with Crippen LogP contribution in [0.3, 0.4) is 0 Å². The molecule has 0 spiro atoms. The van der Waals surface area contributed by atoms with Crippen LogP contribution in [0.4, 0.5) is 9.18 Å². The molecule has 158 valence electrons. The Balaban J connectivity index is 1.47. The standard InChI is InChI=1S/C21H29FN4O3/c1-21(2,3)29-20(27)23-12-14(11-22)13-28-17-9-7-15(8-10-17)18-24-19(16-5-6-16)26(4)25-18/h7-11,16,19H,5-6,12-13H2,1-4H3,(H,23,27)(H,24,25)/b14-11+. The van der Waals surface area contributed by atoms with E-state index >= 15 is 0 Å². The van der Waals surface area contributed by atoms with Crippen LogP contribution in [-0.2, 0) is 4.74 Å². The van der Waals surface area contributed by atoms with Gasteiger partial charge >= 0.3 is 6.09 Å². The molecule has 3 rings (SSSR count). The monoisotopic (exact) mass is 404 g/mol. The fraction of sp³-hybridized carbons (Fsp3) is 0.524. The molecular weight excluding hydrogens is 375 g/mol. The van der Waals surface area contributed by atoms with Gasteiger partial charge in [-0.25, -0.2) is 9.18 Å². The van der Waals surface area contributed by atoms with Crippen LogP contribution in [0.1, 0.15) is 39.2 Å². The van der Waals surface area contributed by atoms with E-state index in [4.69, 9.17) is 9.47 Å². The topological polar surface area (TPSA) is 75.2 Å². The third-order valence-electron chi connectivity index (χ3n) is 4.58. The van der Waals surface area contributed by atoms with Crippen molar-refractivity contribution in [3.05, 3.63) is 41.7 Å². The Morgan fingerprint density at radius 3 is 2.62 bits per heavy atom. The van der Waals surface area contributed by atoms with Crippen molar-refractivity contribution in [1.29, 1.82) is 0 Å². The fourth-order valence-electron chi connectivity index (χ4n) is 2.96. The fourth-order valence-corrected chi connectivity index (χ4v) is 2.96. The summed E-state index contributed by atoms with van der Waals surface area (Å²) in [6, 6.07) is 7.48. The predicted octanol–water partition coefficient (Wildman–Crippen LogP) is 3.38. The predicted molar refractivity (Wildman–Crippen MR) is 109 cm³/mol. The average Bonchev–Trinajstić information content (AvgIpc) is 3.43. The molecule has 1 aromatic carbocycles. The van der Waals surface area contributed by atoms with Gasteiger partial charge in [0.2, 0.25) is 0 Å². The highest BCUT2D eigenvalue weighted by Gasteiger charge is 2.37. The lowest BCUT2D eigenvalue weighted by Crippen LogP contribution is -2.38. The van der Waals surface area contributed by atoms with Crippen LogP contribution in [0.25, 0.3) is 0 Å². The van der Waals surface area contributed by atoms with Gasteiger partial charge in [0.05, 0.1) is 6.33 Å². The van der Waals surface area contributed by atoms with Gasteiger partial charge in [0, 0.05) is 24.7 Å². The van der Waals surface area contributed by atoms with Gasteiger partial charge in [-0.1, -0.05) is 0 Å². The maximum atomic E-state index is 13.1. The molecule has 0 saturated heterocycles. The summed E-state index contributed by atoms with van der Waals surface area (Å²) in [6.45, 7) is 5.34. The molecule has 8 heteroatoms. The molecule has 7 nitrogen and oxygen atoms in total. The highest BCUT2D eigenvalue weighted by molar-refractivity contribution is 5.99. The van der Waals surface area contributed by atoms with Crippen molar-refractivity contribution >= 4 is 11.9 Å². The normalized spacial score (nSPS) is 19.5. The number of amides is 1. The lowest BCUT2D eigenvalue weighted by atomic mass is 10.2. The first-order valence-corrected chi connectivity index (χ1v) is 9.81. The maximum Gasteiger partial charge on any atom is 0.407 e. The van der Waals surface area contributed by atoms with Crippen LogP contribution >= 0.6 is 0 Å². The number of carbonyl (C=O) groups excluding carboxylic acids is 1. The lowest BCUT2D eigenvalue weighted by molar-refractivity contribution is 0.0531. The van der Waals surface area contributed by atoms with Gasteiger partial charge in [-0.05, 0) is 63.8 Å². The molecule has 1 aliphatic heterocycles. The van der Waals surface area contributed by atoms with E-state index in [-0.39, 0.29) is 19.3 Å². The number of hydrogen-bond acceptors (Lipinski definition) is 6. The van der Waals surface area contributed by atoms with E-state index in [0.717, 1.165) is 11.4 Å². The van der Waals surface area contributed by atoms with Crippen LogP contribution in [0.2, 0.25) is 0 Å². The summed E-state index contributed by atoms with van der Waals surface area (Å²) in [5.41, 5.74) is 0.671. The van der Waals surface area contributed by atoms with Gasteiger partial charge in [0.15, 0.2) is 5.84 Å². The Morgan fingerprint density at radius 1 is 1.34 bits per heavy atom. The summed E-state index contributed by atoms with van der Waals surface area (Å²) in [6.07, 6.45) is 2.60. The van der Waals surface area contributed by atoms with Gasteiger partial charge < -0.3 is 20.1 Å². The van der Waals surface area contributed by atoms with Crippen molar-refractivity contribution < 1.29 is 18.7 Å². The average molecular weight is 404 g/mol. The summed E-state index contributed by atoms with van der Waals surface area (Å²) in [7, 11) is 1.98. The van der Waals surface area contributed by atoms with Crippen LogP contribution < -0.4 is 15.4 Å². The summed E-state index contributed by atoms with van der Waals surface area (Å²) in [4.78, 5) is 11.7. The van der Waals surface area contributed by atoms with Crippen LogP contribution in [-0.4, -0.2) is 48.9 Å². The second-order valence-electron chi connectivity index (χ2n) is 8.38. The van der Waals surface area contributed by atoms with Gasteiger partial charge in [-0.3, -0.25) is 5.01 Å². The zero-order valence-electron chi connectivity index (χ0n) is 17.4. The Labute approximate surface area is 170 Å². The molecule has 1 aromatic rings. The first kappa shape index (κ1) is 21.0. The molecule has 2 N–H and O–H groups in total. The van der Waals surface area contributed by atoms with Crippen molar-refractivity contribution in [2.75, 3.05) is 20.2 Å². The summed E-state index contributed by atoms with van der Waals surface area (Å²) < 4.78 is 23.9. The molecule has 0 bridgehead atoms. The van der Waals surface area contributed by atoms with Gasteiger partial charge in [-0.2, -0.15) is 5.10 Å². The molecule has 1 heterocycles. The zero-order chi connectivity index (χ0) is 21.0. The molecule has 29 heavy (non-hydrogen) atoms. The molecular formula is C21H29FN4O3. The number of amidine groups is 1. The molecule has 1 aliphatic carbocycles. The minimum Gasteiger partial charge on any atom is -0.489 e. The number of nitrogens with zero attached hydrogens (tertiary/aromatic N) is 2. The van der Waals surface area contributed by atoms with Crippen molar-refractivity contribution in [2.45, 2.75) is 45.4 Å². The SMILES string of the molecule is CN1N=C(c2ccc(OC/C(=C/F)CNC(=O)OC(C)(C)C)cc2)NC1C1CC1. The second kappa shape index (κ2) is 8.71. The summed E-state index contributed by atoms with van der Waals surface area (Å²) in [5, 5.41) is 12.5. The smallest absolute Gasteiger partial charge is 0.407 e. The number of hydrazone groups is 1. The minimum atomic E-state index is -0.603. The molecule has 0 radical (unpaired) electrons. The number of halogens is 1. The molecule has 0 aromatic heterocycles. The van der Waals surface area contributed by atoms with Crippen molar-refractivity contribution in [2.24, 2.45) is 11.0 Å². The van der Waals surface area contributed by atoms with E-state index in [0.29, 0.717) is 23.6 Å². The number of benzene rings is 1. The Bertz CT molecular complexity index is 782. The Kier molecular flexibility index (Phi) is 6.30. The molecule has 1 atom stereocenters. The van der Waals surface area contributed by atoms with Gasteiger partial charge in [-0.15, -0.1) is 0 Å². The van der Waals surface area contributed by atoms with Gasteiger partial charge in [0.25, 0.3) is 0 Å². The Hall–Kier alpha value is -2.77. The van der Waals surface area contributed by atoms with E-state index in [1.54, 1.807) is 20.8 Å². The number of nitrogens with one attached hydrogen (secondary N) is 2. The van der Waals surface area contributed by atoms with Crippen LogP contribution in [0.5, 0.6) is 5.75 Å². The van der Waals surface area contributed by atoms with Crippen molar-refractivity contribution in [3.8, 4) is 5.75 Å². The van der Waals surface area contributed by atoms with Gasteiger partial charge in [0.1, 0.15) is 24.1 Å². The number of ether oxygens (including phenoxy) is 2. The molecule has 1 fully saturated rings. The number of carbonyl (C=O) groups is 1. The van der Waals surface area contributed by atoms with E-state index in [2.05, 4.69) is 15.7 Å². The lowest BCUT2D eigenvalue weighted by Gasteiger charge is -2.20. The third-order valence-corrected chi connectivity index (χ3v) is 4.58. The van der Waals surface area contributed by atoms with Crippen molar-refractivity contribution in [3.63, 3.8) is 0 Å². The van der Waals surface area contributed by atoms with E-state index in [9.17, 15) is 9.18 Å². The van der Waals surface area contributed by atoms with E-state index < -0.39 is 11.7 Å². The van der Waals surface area contributed by atoms with Crippen LogP contribution in [0, 0.1) is 5.92 Å². The summed E-state index contributed by atoms with van der Waals surface area (Å²) >= 11 is 0. The highest BCUT2D eigenvalue weighted by atomic mass is 19.1. The minimum absolute atomic E-state index is 0.0130. The highest BCUT2D eigenvalue weighted by Crippen LogP contribution is 2.35. The Morgan fingerprint density at radius 2 is 2.03 bits per heavy atom. The maximum absolute atomic E-state index is 13.1. The van der Waals surface area contributed by atoms with Crippen molar-refractivity contribution in [1.82, 2.24) is 15.6 Å². The zero-order valence-corrected chi connectivity index (χ0v) is 17.4.